The number of benzene rings is 1. The molecule has 0 aromatic heterocycles. The van der Waals surface area contributed by atoms with Gasteiger partial charge in [0.1, 0.15) is 0 Å². The molecule has 0 saturated carbocycles. The van der Waals surface area contributed by atoms with Gasteiger partial charge in [0.05, 0.1) is 11.5 Å². The van der Waals surface area contributed by atoms with Crippen LogP contribution in [-0.4, -0.2) is 58.2 Å². The molecule has 0 amide bonds. The second-order valence-corrected chi connectivity index (χ2v) is 7.06. The molecule has 2 aliphatic rings. The Morgan fingerprint density at radius 1 is 1.21 bits per heavy atom. The van der Waals surface area contributed by atoms with E-state index < -0.39 is 0 Å². The Morgan fingerprint density at radius 3 is 2.62 bits per heavy atom. The van der Waals surface area contributed by atoms with E-state index in [4.69, 9.17) is 0 Å². The standard InChI is InChI=1S/C18H27N3O3/c1-14-15(5-2-8-18(14)21(23)24)11-19-9-3-6-16(19)12-20-10-4-7-17(20)13-22/h2,5,8,16-17,22H,3-4,6-7,9-13H2,1H3. The summed E-state index contributed by atoms with van der Waals surface area (Å²) in [6, 6.07) is 6.16. The summed E-state index contributed by atoms with van der Waals surface area (Å²) in [7, 11) is 0. The van der Waals surface area contributed by atoms with E-state index in [0.717, 1.165) is 43.7 Å². The van der Waals surface area contributed by atoms with Crippen molar-refractivity contribution in [3.63, 3.8) is 0 Å². The van der Waals surface area contributed by atoms with Crippen LogP contribution in [0.15, 0.2) is 18.2 Å². The second kappa shape index (κ2) is 7.59. The molecule has 2 atom stereocenters. The van der Waals surface area contributed by atoms with Crippen molar-refractivity contribution in [1.82, 2.24) is 9.80 Å². The number of nitro benzene ring substituents is 1. The van der Waals surface area contributed by atoms with Crippen LogP contribution < -0.4 is 0 Å². The minimum atomic E-state index is -0.295. The first-order valence-electron chi connectivity index (χ1n) is 8.92. The summed E-state index contributed by atoms with van der Waals surface area (Å²) < 4.78 is 0. The fraction of sp³-hybridized carbons (Fsp3) is 0.667. The summed E-state index contributed by atoms with van der Waals surface area (Å²) in [5, 5.41) is 20.6. The molecule has 2 unspecified atom stereocenters. The van der Waals surface area contributed by atoms with Crippen LogP contribution >= 0.6 is 0 Å². The lowest BCUT2D eigenvalue weighted by molar-refractivity contribution is -0.385. The topological polar surface area (TPSA) is 69.8 Å². The highest BCUT2D eigenvalue weighted by atomic mass is 16.6. The van der Waals surface area contributed by atoms with Crippen LogP contribution in [-0.2, 0) is 6.54 Å². The van der Waals surface area contributed by atoms with Crippen LogP contribution in [0.5, 0.6) is 0 Å². The molecule has 0 radical (unpaired) electrons. The molecule has 1 N–H and O–H groups in total. The van der Waals surface area contributed by atoms with E-state index in [0.29, 0.717) is 12.1 Å². The van der Waals surface area contributed by atoms with E-state index in [1.807, 2.05) is 13.0 Å². The smallest absolute Gasteiger partial charge is 0.272 e. The Morgan fingerprint density at radius 2 is 1.92 bits per heavy atom. The average Bonchev–Trinajstić information content (AvgIpc) is 3.19. The summed E-state index contributed by atoms with van der Waals surface area (Å²) in [6.45, 7) is 5.99. The SMILES string of the molecule is Cc1c(CN2CCCC2CN2CCCC2CO)cccc1[N+](=O)[O-]. The average molecular weight is 333 g/mol. The molecular weight excluding hydrogens is 306 g/mol. The Bertz CT molecular complexity index is 593. The Kier molecular flexibility index (Phi) is 5.48. The van der Waals surface area contributed by atoms with Crippen LogP contribution in [0.4, 0.5) is 5.69 Å². The van der Waals surface area contributed by atoms with Gasteiger partial charge in [0.15, 0.2) is 0 Å². The summed E-state index contributed by atoms with van der Waals surface area (Å²) in [5.41, 5.74) is 2.04. The number of hydrogen-bond acceptors (Lipinski definition) is 5. The Hall–Kier alpha value is -1.50. The molecule has 3 rings (SSSR count). The van der Waals surface area contributed by atoms with Crippen LogP contribution in [0, 0.1) is 17.0 Å². The van der Waals surface area contributed by atoms with Gasteiger partial charge in [-0.2, -0.15) is 0 Å². The zero-order chi connectivity index (χ0) is 17.1. The van der Waals surface area contributed by atoms with Gasteiger partial charge < -0.3 is 5.11 Å². The quantitative estimate of drug-likeness (QED) is 0.639. The van der Waals surface area contributed by atoms with Crippen molar-refractivity contribution >= 4 is 5.69 Å². The van der Waals surface area contributed by atoms with Gasteiger partial charge in [-0.15, -0.1) is 0 Å². The third kappa shape index (κ3) is 3.61. The van der Waals surface area contributed by atoms with E-state index in [9.17, 15) is 15.2 Å². The van der Waals surface area contributed by atoms with Crippen LogP contribution in [0.3, 0.4) is 0 Å². The molecule has 2 aliphatic heterocycles. The van der Waals surface area contributed by atoms with Crippen LogP contribution in [0.1, 0.15) is 36.8 Å². The zero-order valence-corrected chi connectivity index (χ0v) is 14.4. The van der Waals surface area contributed by atoms with Gasteiger partial charge >= 0.3 is 0 Å². The summed E-state index contributed by atoms with van der Waals surface area (Å²) in [5.74, 6) is 0. The maximum Gasteiger partial charge on any atom is 0.272 e. The minimum Gasteiger partial charge on any atom is -0.395 e. The lowest BCUT2D eigenvalue weighted by Gasteiger charge is -2.31. The first-order valence-corrected chi connectivity index (χ1v) is 8.92. The van der Waals surface area contributed by atoms with Gasteiger partial charge in [-0.3, -0.25) is 19.9 Å². The number of aliphatic hydroxyl groups excluding tert-OH is 1. The predicted molar refractivity (Wildman–Crippen MR) is 92.9 cm³/mol. The molecular formula is C18H27N3O3. The lowest BCUT2D eigenvalue weighted by atomic mass is 10.1. The molecule has 6 nitrogen and oxygen atoms in total. The van der Waals surface area contributed by atoms with Crippen LogP contribution in [0.25, 0.3) is 0 Å². The van der Waals surface area contributed by atoms with Crippen molar-refractivity contribution in [2.24, 2.45) is 0 Å². The normalized spacial score (nSPS) is 25.4. The number of likely N-dealkylation sites (tertiary alicyclic amines) is 2. The lowest BCUT2D eigenvalue weighted by Crippen LogP contribution is -2.43. The van der Waals surface area contributed by atoms with Gasteiger partial charge in [-0.25, -0.2) is 0 Å². The van der Waals surface area contributed by atoms with Crippen molar-refractivity contribution < 1.29 is 10.0 Å². The van der Waals surface area contributed by atoms with Crippen LogP contribution in [0.2, 0.25) is 0 Å². The Balaban J connectivity index is 1.68. The van der Waals surface area contributed by atoms with E-state index in [-0.39, 0.29) is 17.2 Å². The molecule has 2 heterocycles. The fourth-order valence-electron chi connectivity index (χ4n) is 4.18. The van der Waals surface area contributed by atoms with Gasteiger partial charge in [0.2, 0.25) is 0 Å². The van der Waals surface area contributed by atoms with Crippen molar-refractivity contribution in [2.75, 3.05) is 26.2 Å². The maximum absolute atomic E-state index is 11.1. The molecule has 0 spiro atoms. The highest BCUT2D eigenvalue weighted by Crippen LogP contribution is 2.27. The maximum atomic E-state index is 11.1. The van der Waals surface area contributed by atoms with E-state index >= 15 is 0 Å². The molecule has 132 valence electrons. The molecule has 24 heavy (non-hydrogen) atoms. The highest BCUT2D eigenvalue weighted by molar-refractivity contribution is 5.44. The molecule has 1 aromatic carbocycles. The van der Waals surface area contributed by atoms with Crippen molar-refractivity contribution in [3.8, 4) is 0 Å². The number of aliphatic hydroxyl groups is 1. The molecule has 0 aliphatic carbocycles. The molecule has 2 fully saturated rings. The van der Waals surface area contributed by atoms with E-state index in [1.54, 1.807) is 12.1 Å². The molecule has 0 bridgehead atoms. The van der Waals surface area contributed by atoms with Gasteiger partial charge in [0, 0.05) is 36.8 Å². The predicted octanol–water partition coefficient (Wildman–Crippen LogP) is 2.32. The monoisotopic (exact) mass is 333 g/mol. The van der Waals surface area contributed by atoms with Gasteiger partial charge in [-0.05, 0) is 51.3 Å². The van der Waals surface area contributed by atoms with Crippen molar-refractivity contribution in [3.05, 3.63) is 39.4 Å². The second-order valence-electron chi connectivity index (χ2n) is 7.06. The van der Waals surface area contributed by atoms with Crippen molar-refractivity contribution in [1.29, 1.82) is 0 Å². The third-order valence-corrected chi connectivity index (χ3v) is 5.64. The first-order chi connectivity index (χ1) is 11.6. The molecule has 2 saturated heterocycles. The third-order valence-electron chi connectivity index (χ3n) is 5.64. The minimum absolute atomic E-state index is 0.211. The fourth-order valence-corrected chi connectivity index (χ4v) is 4.18. The van der Waals surface area contributed by atoms with E-state index in [1.165, 1.54) is 19.3 Å². The molecule has 1 aromatic rings. The highest BCUT2D eigenvalue weighted by Gasteiger charge is 2.31. The van der Waals surface area contributed by atoms with Crippen molar-refractivity contribution in [2.45, 2.75) is 51.2 Å². The number of rotatable bonds is 6. The summed E-state index contributed by atoms with van der Waals surface area (Å²) in [4.78, 5) is 15.7. The summed E-state index contributed by atoms with van der Waals surface area (Å²) in [6.07, 6.45) is 4.61. The van der Waals surface area contributed by atoms with E-state index in [2.05, 4.69) is 9.80 Å². The molecule has 6 heteroatoms. The van der Waals surface area contributed by atoms with Gasteiger partial charge in [-0.1, -0.05) is 12.1 Å². The zero-order valence-electron chi connectivity index (χ0n) is 14.4. The van der Waals surface area contributed by atoms with Gasteiger partial charge in [0.25, 0.3) is 5.69 Å². The number of nitro groups is 1. The Labute approximate surface area is 143 Å². The largest absolute Gasteiger partial charge is 0.395 e. The summed E-state index contributed by atoms with van der Waals surface area (Å²) >= 11 is 0. The number of hydrogen-bond donors (Lipinski definition) is 1. The number of nitrogens with zero attached hydrogens (tertiary/aromatic N) is 3. The first kappa shape index (κ1) is 17.3.